The van der Waals surface area contributed by atoms with Gasteiger partial charge in [0.2, 0.25) is 0 Å². The number of aliphatic hydroxyl groups excluding tert-OH is 1. The van der Waals surface area contributed by atoms with Crippen LogP contribution in [0.1, 0.15) is 24.1 Å². The lowest BCUT2D eigenvalue weighted by Crippen LogP contribution is -2.39. The first kappa shape index (κ1) is 12.3. The summed E-state index contributed by atoms with van der Waals surface area (Å²) in [6.07, 6.45) is 2.57. The maximum Gasteiger partial charge on any atom is 0.128 e. The number of piperidine rings is 1. The lowest BCUT2D eigenvalue weighted by Gasteiger charge is -2.33. The van der Waals surface area contributed by atoms with Crippen LogP contribution in [0.2, 0.25) is 0 Å². The highest BCUT2D eigenvalue weighted by molar-refractivity contribution is 5.42. The van der Waals surface area contributed by atoms with Crippen molar-refractivity contribution in [3.05, 3.63) is 23.4 Å². The molecule has 4 heteroatoms. The maximum absolute atomic E-state index is 9.13. The number of aliphatic hydroxyl groups is 1. The Labute approximate surface area is 102 Å². The first-order chi connectivity index (χ1) is 8.24. The summed E-state index contributed by atoms with van der Waals surface area (Å²) in [7, 11) is 1.77. The molecule has 1 fully saturated rings. The summed E-state index contributed by atoms with van der Waals surface area (Å²) in [5.74, 6) is 0.987. The third kappa shape index (κ3) is 2.76. The Hall–Kier alpha value is -1.13. The number of anilines is 1. The number of ether oxygens (including phenoxy) is 1. The third-order valence-corrected chi connectivity index (χ3v) is 3.39. The second kappa shape index (κ2) is 5.47. The van der Waals surface area contributed by atoms with Crippen molar-refractivity contribution in [2.75, 3.05) is 25.1 Å². The number of hydrogen-bond donors (Lipinski definition) is 1. The second-order valence-corrected chi connectivity index (χ2v) is 4.52. The molecule has 0 amide bonds. The first-order valence-electron chi connectivity index (χ1n) is 6.09. The van der Waals surface area contributed by atoms with Crippen LogP contribution in [0.15, 0.2) is 12.1 Å². The Morgan fingerprint density at radius 3 is 3.00 bits per heavy atom. The van der Waals surface area contributed by atoms with Crippen LogP contribution in [-0.4, -0.2) is 36.4 Å². The van der Waals surface area contributed by atoms with E-state index in [4.69, 9.17) is 9.84 Å². The van der Waals surface area contributed by atoms with E-state index in [2.05, 4.69) is 9.88 Å². The molecule has 2 heterocycles. The molecule has 1 aliphatic rings. The third-order valence-electron chi connectivity index (χ3n) is 3.39. The van der Waals surface area contributed by atoms with Crippen molar-refractivity contribution in [2.24, 2.45) is 0 Å². The molecule has 1 saturated heterocycles. The molecule has 1 aliphatic heterocycles. The zero-order valence-corrected chi connectivity index (χ0v) is 10.5. The molecule has 0 saturated carbocycles. The molecule has 0 bridgehead atoms. The smallest absolute Gasteiger partial charge is 0.128 e. The molecule has 1 aromatic heterocycles. The van der Waals surface area contributed by atoms with Crippen LogP contribution in [0.4, 0.5) is 5.82 Å². The molecule has 0 spiro atoms. The van der Waals surface area contributed by atoms with E-state index in [0.717, 1.165) is 43.0 Å². The summed E-state index contributed by atoms with van der Waals surface area (Å²) in [6.45, 7) is 3.93. The monoisotopic (exact) mass is 236 g/mol. The Kier molecular flexibility index (Phi) is 3.97. The van der Waals surface area contributed by atoms with Gasteiger partial charge in [-0.05, 0) is 31.4 Å². The minimum absolute atomic E-state index is 0.0554. The van der Waals surface area contributed by atoms with E-state index < -0.39 is 0 Å². The fourth-order valence-electron chi connectivity index (χ4n) is 2.26. The highest BCUT2D eigenvalue weighted by Gasteiger charge is 2.20. The van der Waals surface area contributed by atoms with Gasteiger partial charge in [0.15, 0.2) is 0 Å². The van der Waals surface area contributed by atoms with Crippen molar-refractivity contribution in [3.63, 3.8) is 0 Å². The fourth-order valence-corrected chi connectivity index (χ4v) is 2.26. The molecular weight excluding hydrogens is 216 g/mol. The number of aromatic nitrogens is 1. The molecule has 1 unspecified atom stereocenters. The number of pyridine rings is 1. The average Bonchev–Trinajstić information content (AvgIpc) is 2.38. The molecular formula is C13H20N2O2. The van der Waals surface area contributed by atoms with Crippen molar-refractivity contribution in [1.82, 2.24) is 4.98 Å². The van der Waals surface area contributed by atoms with Crippen molar-refractivity contribution < 1.29 is 9.84 Å². The molecule has 94 valence electrons. The molecule has 1 N–H and O–H groups in total. The Bertz CT molecular complexity index is 382. The highest BCUT2D eigenvalue weighted by Crippen LogP contribution is 2.20. The van der Waals surface area contributed by atoms with Gasteiger partial charge in [0.05, 0.1) is 12.7 Å². The summed E-state index contributed by atoms with van der Waals surface area (Å²) >= 11 is 0. The summed E-state index contributed by atoms with van der Waals surface area (Å²) in [4.78, 5) is 6.80. The summed E-state index contributed by atoms with van der Waals surface area (Å²) in [5.41, 5.74) is 1.80. The maximum atomic E-state index is 9.13. The largest absolute Gasteiger partial charge is 0.392 e. The van der Waals surface area contributed by atoms with Gasteiger partial charge in [-0.2, -0.15) is 0 Å². The lowest BCUT2D eigenvalue weighted by molar-refractivity contribution is 0.0891. The Balaban J connectivity index is 2.13. The number of rotatable bonds is 3. The van der Waals surface area contributed by atoms with Gasteiger partial charge in [0.1, 0.15) is 5.82 Å². The van der Waals surface area contributed by atoms with Crippen molar-refractivity contribution in [3.8, 4) is 0 Å². The van der Waals surface area contributed by atoms with E-state index in [1.54, 1.807) is 7.11 Å². The van der Waals surface area contributed by atoms with Crippen LogP contribution < -0.4 is 4.90 Å². The van der Waals surface area contributed by atoms with Crippen LogP contribution in [0.5, 0.6) is 0 Å². The SMILES string of the molecule is COC1CCCN(c2ccc(CO)c(C)n2)C1. The van der Waals surface area contributed by atoms with Gasteiger partial charge in [0.25, 0.3) is 0 Å². The molecule has 0 aromatic carbocycles. The van der Waals surface area contributed by atoms with Gasteiger partial charge >= 0.3 is 0 Å². The second-order valence-electron chi connectivity index (χ2n) is 4.52. The van der Waals surface area contributed by atoms with E-state index in [1.807, 2.05) is 19.1 Å². The van der Waals surface area contributed by atoms with E-state index in [1.165, 1.54) is 0 Å². The predicted octanol–water partition coefficient (Wildman–Crippen LogP) is 1.50. The van der Waals surface area contributed by atoms with Crippen molar-refractivity contribution in [2.45, 2.75) is 32.5 Å². The summed E-state index contributed by atoms with van der Waals surface area (Å²) in [6, 6.07) is 3.94. The quantitative estimate of drug-likeness (QED) is 0.864. The zero-order chi connectivity index (χ0) is 12.3. The van der Waals surface area contributed by atoms with Crippen LogP contribution in [0, 0.1) is 6.92 Å². The number of hydrogen-bond acceptors (Lipinski definition) is 4. The van der Waals surface area contributed by atoms with Crippen LogP contribution in [-0.2, 0) is 11.3 Å². The fraction of sp³-hybridized carbons (Fsp3) is 0.615. The van der Waals surface area contributed by atoms with Gasteiger partial charge in [-0.1, -0.05) is 6.07 Å². The molecule has 4 nitrogen and oxygen atoms in total. The number of aryl methyl sites for hydroxylation is 1. The van der Waals surface area contributed by atoms with Crippen molar-refractivity contribution in [1.29, 1.82) is 0 Å². The van der Waals surface area contributed by atoms with Crippen LogP contribution in [0.25, 0.3) is 0 Å². The molecule has 0 aliphatic carbocycles. The van der Waals surface area contributed by atoms with Gasteiger partial charge in [-0.25, -0.2) is 4.98 Å². The molecule has 1 aromatic rings. The van der Waals surface area contributed by atoms with Gasteiger partial charge in [-0.3, -0.25) is 0 Å². The predicted molar refractivity (Wildman–Crippen MR) is 67.1 cm³/mol. The highest BCUT2D eigenvalue weighted by atomic mass is 16.5. The summed E-state index contributed by atoms with van der Waals surface area (Å²) in [5, 5.41) is 9.13. The minimum Gasteiger partial charge on any atom is -0.392 e. The number of methoxy groups -OCH3 is 1. The zero-order valence-electron chi connectivity index (χ0n) is 10.5. The van der Waals surface area contributed by atoms with Gasteiger partial charge in [0, 0.05) is 25.9 Å². The Morgan fingerprint density at radius 2 is 2.35 bits per heavy atom. The molecule has 0 radical (unpaired) electrons. The van der Waals surface area contributed by atoms with E-state index >= 15 is 0 Å². The van der Waals surface area contributed by atoms with Crippen LogP contribution >= 0.6 is 0 Å². The average molecular weight is 236 g/mol. The topological polar surface area (TPSA) is 45.6 Å². The van der Waals surface area contributed by atoms with Gasteiger partial charge in [-0.15, -0.1) is 0 Å². The lowest BCUT2D eigenvalue weighted by atomic mass is 10.1. The van der Waals surface area contributed by atoms with E-state index in [9.17, 15) is 0 Å². The number of nitrogens with zero attached hydrogens (tertiary/aromatic N) is 2. The molecule has 17 heavy (non-hydrogen) atoms. The first-order valence-corrected chi connectivity index (χ1v) is 6.09. The minimum atomic E-state index is 0.0554. The van der Waals surface area contributed by atoms with Crippen LogP contribution in [0.3, 0.4) is 0 Å². The van der Waals surface area contributed by atoms with Crippen molar-refractivity contribution >= 4 is 5.82 Å². The van der Waals surface area contributed by atoms with E-state index in [-0.39, 0.29) is 6.61 Å². The molecule has 1 atom stereocenters. The standard InChI is InChI=1S/C13H20N2O2/c1-10-11(9-16)5-6-13(14-10)15-7-3-4-12(8-15)17-2/h5-6,12,16H,3-4,7-9H2,1-2H3. The van der Waals surface area contributed by atoms with Gasteiger partial charge < -0.3 is 14.7 Å². The summed E-state index contributed by atoms with van der Waals surface area (Å²) < 4.78 is 5.41. The molecule has 2 rings (SSSR count). The Morgan fingerprint density at radius 1 is 1.53 bits per heavy atom. The van der Waals surface area contributed by atoms with E-state index in [0.29, 0.717) is 6.10 Å². The normalized spacial score (nSPS) is 20.6.